The zero-order valence-corrected chi connectivity index (χ0v) is 6.09. The maximum absolute atomic E-state index is 2.26. The lowest BCUT2D eigenvalue weighted by Crippen LogP contribution is -1.67. The first-order chi connectivity index (χ1) is 4.86. The second kappa shape index (κ2) is 1.98. The monoisotopic (exact) mass is 130 g/mol. The molecule has 0 heterocycles. The van der Waals surface area contributed by atoms with Crippen molar-refractivity contribution in [2.75, 3.05) is 0 Å². The lowest BCUT2D eigenvalue weighted by molar-refractivity contribution is 1.47. The summed E-state index contributed by atoms with van der Waals surface area (Å²) in [7, 11) is 0. The molecule has 0 saturated heterocycles. The molecule has 0 amide bonds. The van der Waals surface area contributed by atoms with E-state index in [0.717, 1.165) is 0 Å². The highest BCUT2D eigenvalue weighted by Gasteiger charge is 2.15. The molecule has 0 N–H and O–H groups in total. The first-order valence-electron chi connectivity index (χ1n) is 3.61. The van der Waals surface area contributed by atoms with E-state index in [1.165, 1.54) is 23.1 Å². The average molecular weight is 130 g/mol. The van der Waals surface area contributed by atoms with E-state index >= 15 is 0 Å². The van der Waals surface area contributed by atoms with Gasteiger partial charge in [0.05, 0.1) is 0 Å². The minimum atomic E-state index is 1.20. The standard InChI is InChI=1S/C10H10/c1-8-4-2-3-5-9-7-10(9)6-8/h2-6H,7H2,1H3. The van der Waals surface area contributed by atoms with Gasteiger partial charge in [0.2, 0.25) is 0 Å². The minimum absolute atomic E-state index is 1.20. The Labute approximate surface area is 61.3 Å². The van der Waals surface area contributed by atoms with Gasteiger partial charge in [-0.05, 0) is 24.5 Å². The van der Waals surface area contributed by atoms with Crippen molar-refractivity contribution in [3.05, 3.63) is 47.1 Å². The van der Waals surface area contributed by atoms with Gasteiger partial charge >= 0.3 is 0 Å². The molecule has 0 unspecified atom stereocenters. The van der Waals surface area contributed by atoms with Gasteiger partial charge < -0.3 is 0 Å². The molecule has 0 radical (unpaired) electrons. The van der Waals surface area contributed by atoms with Crippen molar-refractivity contribution in [1.29, 1.82) is 0 Å². The predicted molar refractivity (Wildman–Crippen MR) is 43.7 cm³/mol. The Morgan fingerprint density at radius 3 is 2.80 bits per heavy atom. The maximum Gasteiger partial charge on any atom is -0.00200 e. The maximum atomic E-state index is 2.26. The molecule has 2 rings (SSSR count). The van der Waals surface area contributed by atoms with Gasteiger partial charge in [-0.15, -0.1) is 0 Å². The van der Waals surface area contributed by atoms with E-state index < -0.39 is 0 Å². The van der Waals surface area contributed by atoms with E-state index in [0.29, 0.717) is 0 Å². The van der Waals surface area contributed by atoms with E-state index in [1.807, 2.05) is 0 Å². The highest BCUT2D eigenvalue weighted by atomic mass is 14.2. The van der Waals surface area contributed by atoms with E-state index in [4.69, 9.17) is 0 Å². The molecule has 0 aliphatic heterocycles. The number of hydrogen-bond acceptors (Lipinski definition) is 0. The smallest absolute Gasteiger partial charge is 0.00200 e. The van der Waals surface area contributed by atoms with Crippen molar-refractivity contribution in [3.8, 4) is 0 Å². The third kappa shape index (κ3) is 0.971. The van der Waals surface area contributed by atoms with Crippen molar-refractivity contribution in [2.45, 2.75) is 13.3 Å². The van der Waals surface area contributed by atoms with Crippen LogP contribution in [0.2, 0.25) is 0 Å². The number of allylic oxidation sites excluding steroid dienone is 8. The van der Waals surface area contributed by atoms with Gasteiger partial charge in [-0.25, -0.2) is 0 Å². The van der Waals surface area contributed by atoms with Gasteiger partial charge in [0.1, 0.15) is 0 Å². The second-order valence-electron chi connectivity index (χ2n) is 2.83. The van der Waals surface area contributed by atoms with Crippen LogP contribution in [-0.2, 0) is 0 Å². The zero-order chi connectivity index (χ0) is 6.97. The first-order valence-corrected chi connectivity index (χ1v) is 3.61. The van der Waals surface area contributed by atoms with Gasteiger partial charge in [-0.2, -0.15) is 0 Å². The van der Waals surface area contributed by atoms with Gasteiger partial charge in [-0.1, -0.05) is 36.0 Å². The summed E-state index contributed by atoms with van der Waals surface area (Å²) in [6, 6.07) is 0. The fourth-order valence-corrected chi connectivity index (χ4v) is 1.17. The van der Waals surface area contributed by atoms with Crippen LogP contribution in [0, 0.1) is 0 Å². The topological polar surface area (TPSA) is 0 Å². The van der Waals surface area contributed by atoms with Crippen LogP contribution in [-0.4, -0.2) is 0 Å². The fraction of sp³-hybridized carbons (Fsp3) is 0.200. The molecule has 0 fully saturated rings. The summed E-state index contributed by atoms with van der Waals surface area (Å²) in [4.78, 5) is 0. The zero-order valence-electron chi connectivity index (χ0n) is 6.09. The van der Waals surface area contributed by atoms with Crippen molar-refractivity contribution in [3.63, 3.8) is 0 Å². The summed E-state index contributed by atoms with van der Waals surface area (Å²) in [6.07, 6.45) is 12.0. The Balaban J connectivity index is 2.35. The van der Waals surface area contributed by atoms with Crippen molar-refractivity contribution >= 4 is 0 Å². The van der Waals surface area contributed by atoms with Crippen LogP contribution in [0.3, 0.4) is 0 Å². The predicted octanol–water partition coefficient (Wildman–Crippen LogP) is 2.76. The van der Waals surface area contributed by atoms with Gasteiger partial charge in [0.25, 0.3) is 0 Å². The first kappa shape index (κ1) is 5.72. The third-order valence-electron chi connectivity index (χ3n) is 1.84. The van der Waals surface area contributed by atoms with Crippen LogP contribution in [0.15, 0.2) is 47.1 Å². The van der Waals surface area contributed by atoms with Gasteiger partial charge in [0, 0.05) is 0 Å². The van der Waals surface area contributed by atoms with Crippen molar-refractivity contribution in [2.24, 2.45) is 0 Å². The normalized spacial score (nSPS) is 21.5. The largest absolute Gasteiger partial charge is 0.0620 e. The summed E-state index contributed by atoms with van der Waals surface area (Å²) in [5.41, 5.74) is 4.37. The van der Waals surface area contributed by atoms with Crippen LogP contribution >= 0.6 is 0 Å². The van der Waals surface area contributed by atoms with Crippen LogP contribution in [0.5, 0.6) is 0 Å². The summed E-state index contributed by atoms with van der Waals surface area (Å²) < 4.78 is 0. The Morgan fingerprint density at radius 1 is 1.10 bits per heavy atom. The number of hydrogen-bond donors (Lipinski definition) is 0. The summed E-state index contributed by atoms with van der Waals surface area (Å²) in [6.45, 7) is 2.14. The average Bonchev–Trinajstić information content (AvgIpc) is 2.54. The van der Waals surface area contributed by atoms with Gasteiger partial charge in [0.15, 0.2) is 0 Å². The summed E-state index contributed by atoms with van der Waals surface area (Å²) in [5, 5.41) is 0. The molecule has 0 nitrogen and oxygen atoms in total. The van der Waals surface area contributed by atoms with E-state index in [-0.39, 0.29) is 0 Å². The molecule has 0 aromatic rings. The molecular weight excluding hydrogens is 120 g/mol. The molecule has 0 atom stereocenters. The summed E-state index contributed by atoms with van der Waals surface area (Å²) in [5.74, 6) is 0. The molecule has 0 saturated carbocycles. The van der Waals surface area contributed by atoms with E-state index in [9.17, 15) is 0 Å². The SMILES string of the molecule is CC1=CC2=C(C=CC=C1)C2. The van der Waals surface area contributed by atoms with Crippen molar-refractivity contribution < 1.29 is 0 Å². The molecule has 0 heteroatoms. The minimum Gasteiger partial charge on any atom is -0.0620 e. The second-order valence-corrected chi connectivity index (χ2v) is 2.83. The van der Waals surface area contributed by atoms with Crippen LogP contribution in [0.25, 0.3) is 0 Å². The van der Waals surface area contributed by atoms with Crippen LogP contribution in [0.4, 0.5) is 0 Å². The van der Waals surface area contributed by atoms with Gasteiger partial charge in [-0.3, -0.25) is 0 Å². The molecule has 50 valence electrons. The van der Waals surface area contributed by atoms with E-state index in [2.05, 4.69) is 37.3 Å². The highest BCUT2D eigenvalue weighted by molar-refractivity contribution is 5.53. The lowest BCUT2D eigenvalue weighted by Gasteiger charge is -1.87. The molecule has 2 aliphatic rings. The molecule has 0 aromatic carbocycles. The van der Waals surface area contributed by atoms with Crippen molar-refractivity contribution in [1.82, 2.24) is 0 Å². The molecule has 0 aromatic heterocycles. The highest BCUT2D eigenvalue weighted by Crippen LogP contribution is 2.34. The number of rotatable bonds is 0. The molecule has 2 aliphatic carbocycles. The quantitative estimate of drug-likeness (QED) is 0.473. The molecular formula is C10H10. The Kier molecular flexibility index (Phi) is 1.13. The molecule has 10 heavy (non-hydrogen) atoms. The molecule has 0 bridgehead atoms. The Hall–Kier alpha value is -1.04. The van der Waals surface area contributed by atoms with Crippen LogP contribution in [0.1, 0.15) is 13.3 Å². The molecule has 0 spiro atoms. The lowest BCUT2D eigenvalue weighted by atomic mass is 10.2. The Bertz CT molecular complexity index is 272. The fourth-order valence-electron chi connectivity index (χ4n) is 1.17. The van der Waals surface area contributed by atoms with Crippen LogP contribution < -0.4 is 0 Å². The third-order valence-corrected chi connectivity index (χ3v) is 1.84. The summed E-state index contributed by atoms with van der Waals surface area (Å²) >= 11 is 0. The van der Waals surface area contributed by atoms with E-state index in [1.54, 1.807) is 0 Å². The Morgan fingerprint density at radius 2 is 1.90 bits per heavy atom.